The Labute approximate surface area is 202 Å². The number of nitro benzene ring substituents is 2. The predicted octanol–water partition coefficient (Wildman–Crippen LogP) is 7.14. The summed E-state index contributed by atoms with van der Waals surface area (Å²) in [6.07, 6.45) is 0. The van der Waals surface area contributed by atoms with E-state index in [1.807, 2.05) is 36.4 Å². The molecule has 6 nitrogen and oxygen atoms in total. The van der Waals surface area contributed by atoms with E-state index in [1.54, 1.807) is 12.1 Å². The lowest BCUT2D eigenvalue weighted by atomic mass is 9.69. The van der Waals surface area contributed by atoms with E-state index < -0.39 is 5.41 Å². The monoisotopic (exact) mass is 462 g/mol. The van der Waals surface area contributed by atoms with Gasteiger partial charge in [-0.05, 0) is 67.6 Å². The Morgan fingerprint density at radius 2 is 1.06 bits per heavy atom. The highest BCUT2D eigenvalue weighted by molar-refractivity contribution is 5.95. The van der Waals surface area contributed by atoms with E-state index in [9.17, 15) is 20.2 Å². The zero-order valence-corrected chi connectivity index (χ0v) is 19.5. The largest absolute Gasteiger partial charge is 0.269 e. The van der Waals surface area contributed by atoms with Crippen LogP contribution in [-0.2, 0) is 10.8 Å². The molecule has 1 unspecified atom stereocenters. The summed E-state index contributed by atoms with van der Waals surface area (Å²) < 4.78 is 0. The lowest BCUT2D eigenvalue weighted by Gasteiger charge is -2.31. The van der Waals surface area contributed by atoms with E-state index >= 15 is 0 Å². The van der Waals surface area contributed by atoms with Crippen LogP contribution >= 0.6 is 0 Å². The van der Waals surface area contributed by atoms with Crippen molar-refractivity contribution in [2.24, 2.45) is 0 Å². The molecule has 0 amide bonds. The van der Waals surface area contributed by atoms with Crippen molar-refractivity contribution >= 4 is 11.4 Å². The van der Waals surface area contributed by atoms with Gasteiger partial charge in [-0.15, -0.1) is 0 Å². The van der Waals surface area contributed by atoms with Crippen molar-refractivity contribution in [3.63, 3.8) is 0 Å². The third kappa shape index (κ3) is 2.71. The molecule has 4 aromatic rings. The Bertz CT molecular complexity index is 1570. The van der Waals surface area contributed by atoms with Gasteiger partial charge in [0.25, 0.3) is 11.4 Å². The van der Waals surface area contributed by atoms with Gasteiger partial charge in [-0.25, -0.2) is 0 Å². The van der Waals surface area contributed by atoms with E-state index in [4.69, 9.17) is 0 Å². The smallest absolute Gasteiger partial charge is 0.258 e. The molecule has 6 heteroatoms. The van der Waals surface area contributed by atoms with Crippen LogP contribution in [0.1, 0.15) is 48.6 Å². The molecule has 0 N–H and O–H groups in total. The first-order valence-electron chi connectivity index (χ1n) is 11.5. The van der Waals surface area contributed by atoms with Gasteiger partial charge in [0.1, 0.15) is 0 Å². The molecule has 2 aliphatic carbocycles. The summed E-state index contributed by atoms with van der Waals surface area (Å²) in [6.45, 7) is 6.45. The van der Waals surface area contributed by atoms with Crippen LogP contribution in [0.4, 0.5) is 11.4 Å². The summed E-state index contributed by atoms with van der Waals surface area (Å²) in [5.41, 5.74) is 7.53. The predicted molar refractivity (Wildman–Crippen MR) is 135 cm³/mol. The summed E-state index contributed by atoms with van der Waals surface area (Å²) in [5.74, 6) is 0. The summed E-state index contributed by atoms with van der Waals surface area (Å²) >= 11 is 0. The molecule has 0 heterocycles. The van der Waals surface area contributed by atoms with Crippen LogP contribution in [-0.4, -0.2) is 9.85 Å². The standard InChI is InChI=1S/C29H22N2O4/c1-28(2,3)17-8-11-21-23-13-10-19(31(34)35)16-27(23)29(25(21)14-17)24-7-5-4-6-20(24)22-12-9-18(30(32)33)15-26(22)29/h4-16H,1-3H3. The van der Waals surface area contributed by atoms with Crippen molar-refractivity contribution in [2.75, 3.05) is 0 Å². The first-order valence-corrected chi connectivity index (χ1v) is 11.5. The molecule has 4 aromatic carbocycles. The Morgan fingerprint density at radius 3 is 1.57 bits per heavy atom. The minimum absolute atomic E-state index is 0.00309. The molecule has 0 radical (unpaired) electrons. The molecular weight excluding hydrogens is 440 g/mol. The molecule has 0 aliphatic heterocycles. The van der Waals surface area contributed by atoms with Crippen LogP contribution in [0.2, 0.25) is 0 Å². The van der Waals surface area contributed by atoms with Gasteiger partial charge in [0, 0.05) is 24.3 Å². The molecule has 1 spiro atoms. The maximum atomic E-state index is 11.8. The molecule has 0 saturated carbocycles. The number of non-ortho nitro benzene ring substituents is 2. The van der Waals surface area contributed by atoms with Crippen molar-refractivity contribution < 1.29 is 9.85 Å². The average molecular weight is 463 g/mol. The van der Waals surface area contributed by atoms with Crippen molar-refractivity contribution in [3.05, 3.63) is 127 Å². The Kier molecular flexibility index (Phi) is 4.16. The van der Waals surface area contributed by atoms with Crippen molar-refractivity contribution in [3.8, 4) is 22.3 Å². The lowest BCUT2D eigenvalue weighted by Crippen LogP contribution is -2.26. The van der Waals surface area contributed by atoms with Crippen LogP contribution in [0.5, 0.6) is 0 Å². The Morgan fingerprint density at radius 1 is 0.600 bits per heavy atom. The van der Waals surface area contributed by atoms with Crippen LogP contribution in [0.3, 0.4) is 0 Å². The fourth-order valence-corrected chi connectivity index (χ4v) is 5.85. The third-order valence-corrected chi connectivity index (χ3v) is 7.44. The minimum atomic E-state index is -0.879. The van der Waals surface area contributed by atoms with Gasteiger partial charge in [0.05, 0.1) is 15.3 Å². The number of hydrogen-bond donors (Lipinski definition) is 0. The Hall–Kier alpha value is -4.32. The fourth-order valence-electron chi connectivity index (χ4n) is 5.85. The van der Waals surface area contributed by atoms with Gasteiger partial charge in [-0.1, -0.05) is 63.2 Å². The SMILES string of the molecule is CC(C)(C)c1ccc2c(c1)C1(c3ccccc3-c3ccc([N+](=O)[O-])cc31)c1cc([N+](=O)[O-])ccc1-2. The van der Waals surface area contributed by atoms with Gasteiger partial charge < -0.3 is 0 Å². The highest BCUT2D eigenvalue weighted by Gasteiger charge is 2.53. The van der Waals surface area contributed by atoms with Gasteiger partial charge in [-0.3, -0.25) is 20.2 Å². The van der Waals surface area contributed by atoms with Crippen molar-refractivity contribution in [2.45, 2.75) is 31.6 Å². The number of hydrogen-bond acceptors (Lipinski definition) is 4. The van der Waals surface area contributed by atoms with Crippen LogP contribution in [0, 0.1) is 20.2 Å². The van der Waals surface area contributed by atoms with E-state index in [-0.39, 0.29) is 26.6 Å². The van der Waals surface area contributed by atoms with Gasteiger partial charge in [-0.2, -0.15) is 0 Å². The average Bonchev–Trinajstić information content (AvgIpc) is 3.29. The molecule has 1 atom stereocenters. The maximum Gasteiger partial charge on any atom is 0.269 e. The summed E-state index contributed by atoms with van der Waals surface area (Å²) in [6, 6.07) is 24.4. The molecule has 35 heavy (non-hydrogen) atoms. The normalized spacial score (nSPS) is 17.0. The third-order valence-electron chi connectivity index (χ3n) is 7.44. The van der Waals surface area contributed by atoms with E-state index in [0.29, 0.717) is 0 Å². The molecule has 0 aromatic heterocycles. The molecule has 0 saturated heterocycles. The maximum absolute atomic E-state index is 11.8. The molecular formula is C29H22N2O4. The fraction of sp³-hybridized carbons (Fsp3) is 0.172. The van der Waals surface area contributed by atoms with Crippen molar-refractivity contribution in [1.29, 1.82) is 0 Å². The summed E-state index contributed by atoms with van der Waals surface area (Å²) in [5, 5.41) is 23.6. The van der Waals surface area contributed by atoms with E-state index in [1.165, 1.54) is 12.1 Å². The zero-order valence-electron chi connectivity index (χ0n) is 19.5. The van der Waals surface area contributed by atoms with E-state index in [0.717, 1.165) is 50.1 Å². The number of benzene rings is 4. The van der Waals surface area contributed by atoms with E-state index in [2.05, 4.69) is 39.0 Å². The van der Waals surface area contributed by atoms with Crippen LogP contribution < -0.4 is 0 Å². The molecule has 6 rings (SSSR count). The number of rotatable bonds is 2. The molecule has 0 bridgehead atoms. The quantitative estimate of drug-likeness (QED) is 0.202. The van der Waals surface area contributed by atoms with Crippen LogP contribution in [0.15, 0.2) is 78.9 Å². The highest BCUT2D eigenvalue weighted by Crippen LogP contribution is 2.63. The second-order valence-electron chi connectivity index (χ2n) is 10.3. The highest BCUT2D eigenvalue weighted by atomic mass is 16.6. The molecule has 172 valence electrons. The zero-order chi connectivity index (χ0) is 24.7. The topological polar surface area (TPSA) is 86.3 Å². The summed E-state index contributed by atoms with van der Waals surface area (Å²) in [7, 11) is 0. The van der Waals surface area contributed by atoms with Crippen LogP contribution in [0.25, 0.3) is 22.3 Å². The number of nitrogens with zero attached hydrogens (tertiary/aromatic N) is 2. The van der Waals surface area contributed by atoms with Gasteiger partial charge in [0.2, 0.25) is 0 Å². The summed E-state index contributed by atoms with van der Waals surface area (Å²) in [4.78, 5) is 22.9. The second kappa shape index (κ2) is 6.85. The molecule has 2 aliphatic rings. The molecule has 0 fully saturated rings. The number of nitro groups is 2. The van der Waals surface area contributed by atoms with Gasteiger partial charge >= 0.3 is 0 Å². The number of fused-ring (bicyclic) bond motifs is 10. The first-order chi connectivity index (χ1) is 16.6. The second-order valence-corrected chi connectivity index (χ2v) is 10.3. The Balaban J connectivity index is 1.82. The van der Waals surface area contributed by atoms with Crippen molar-refractivity contribution in [1.82, 2.24) is 0 Å². The van der Waals surface area contributed by atoms with Gasteiger partial charge in [0.15, 0.2) is 0 Å². The first kappa shape index (κ1) is 21.2. The minimum Gasteiger partial charge on any atom is -0.258 e. The lowest BCUT2D eigenvalue weighted by molar-refractivity contribution is -0.385.